The molecule has 0 aromatic heterocycles. The molecule has 0 aliphatic carbocycles. The van der Waals surface area contributed by atoms with Crippen LogP contribution in [0.5, 0.6) is 11.5 Å². The van der Waals surface area contributed by atoms with Gasteiger partial charge in [0, 0.05) is 0 Å². The maximum absolute atomic E-state index is 12.4. The van der Waals surface area contributed by atoms with Crippen molar-refractivity contribution in [3.63, 3.8) is 0 Å². The summed E-state index contributed by atoms with van der Waals surface area (Å²) < 4.78 is 5.33. The van der Waals surface area contributed by atoms with E-state index < -0.39 is 31.0 Å². The molecule has 9 heteroatoms. The van der Waals surface area contributed by atoms with Gasteiger partial charge in [0.25, 0.3) is 0 Å². The smallest absolute Gasteiger partial charge is 0.534 e. The molecule has 1 aliphatic heterocycles. The van der Waals surface area contributed by atoms with Crippen molar-refractivity contribution in [3.05, 3.63) is 59.2 Å². The van der Waals surface area contributed by atoms with Crippen molar-refractivity contribution in [1.82, 2.24) is 5.32 Å². The summed E-state index contributed by atoms with van der Waals surface area (Å²) >= 11 is 0. The maximum atomic E-state index is 12.4. The lowest BCUT2D eigenvalue weighted by molar-refractivity contribution is -0.122. The Labute approximate surface area is 149 Å². The third-order valence-electron chi connectivity index (χ3n) is 4.21. The summed E-state index contributed by atoms with van der Waals surface area (Å²) in [4.78, 5) is 23.6. The first kappa shape index (κ1) is 17.8. The predicted molar refractivity (Wildman–Crippen MR) is 92.7 cm³/mol. The van der Waals surface area contributed by atoms with E-state index in [0.29, 0.717) is 11.1 Å². The lowest BCUT2D eigenvalue weighted by Gasteiger charge is -2.29. The normalized spacial score (nSPS) is 17.0. The number of amides is 1. The molecule has 3 rings (SSSR count). The topological polar surface area (TPSA) is 142 Å². The van der Waals surface area contributed by atoms with Crippen LogP contribution in [-0.4, -0.2) is 40.2 Å². The second kappa shape index (κ2) is 7.07. The van der Waals surface area contributed by atoms with Gasteiger partial charge in [0.05, 0.1) is 11.5 Å². The van der Waals surface area contributed by atoms with Crippen molar-refractivity contribution in [3.8, 4) is 11.5 Å². The molecule has 1 aliphatic rings. The standard InChI is InChI=1S/C17H17BN2O6/c19-14(9-4-6-11(21)7-5-9)16(22)20-13-8-10-2-1-3-12(17(23)24)15(10)26-18(13)25/h1-7,13-14,21,25H,8,19H2,(H,20,22)(H,23,24)/t13-,14-/m0/s1. The Balaban J connectivity index is 1.74. The second-order valence-electron chi connectivity index (χ2n) is 6.00. The number of nitrogens with two attached hydrogens (primary N) is 1. The molecule has 134 valence electrons. The highest BCUT2D eigenvalue weighted by molar-refractivity contribution is 6.47. The number of benzene rings is 2. The number of hydrogen-bond acceptors (Lipinski definition) is 6. The van der Waals surface area contributed by atoms with Crippen molar-refractivity contribution in [2.24, 2.45) is 5.73 Å². The molecule has 0 saturated heterocycles. The Kier molecular flexibility index (Phi) is 4.83. The fourth-order valence-electron chi connectivity index (χ4n) is 2.82. The van der Waals surface area contributed by atoms with Crippen LogP contribution in [0.4, 0.5) is 0 Å². The Bertz CT molecular complexity index is 842. The van der Waals surface area contributed by atoms with Crippen molar-refractivity contribution in [1.29, 1.82) is 0 Å². The molecular formula is C17H17BN2O6. The minimum absolute atomic E-state index is 0.0490. The summed E-state index contributed by atoms with van der Waals surface area (Å²) in [6.07, 6.45) is 0.200. The van der Waals surface area contributed by atoms with Gasteiger partial charge < -0.3 is 30.9 Å². The van der Waals surface area contributed by atoms with E-state index in [-0.39, 0.29) is 23.5 Å². The van der Waals surface area contributed by atoms with Crippen LogP contribution in [0.1, 0.15) is 27.5 Å². The van der Waals surface area contributed by atoms with Gasteiger partial charge in [0.15, 0.2) is 0 Å². The van der Waals surface area contributed by atoms with Gasteiger partial charge in [-0.2, -0.15) is 0 Å². The van der Waals surface area contributed by atoms with Crippen LogP contribution >= 0.6 is 0 Å². The highest BCUT2D eigenvalue weighted by Crippen LogP contribution is 2.30. The largest absolute Gasteiger partial charge is 0.547 e. The number of para-hydroxylation sites is 1. The molecule has 1 amide bonds. The zero-order valence-corrected chi connectivity index (χ0v) is 13.6. The van der Waals surface area contributed by atoms with Crippen LogP contribution in [0, 0.1) is 0 Å². The molecule has 0 radical (unpaired) electrons. The molecule has 2 aromatic rings. The number of phenols is 1. The van der Waals surface area contributed by atoms with Gasteiger partial charge in [-0.3, -0.25) is 4.79 Å². The molecule has 0 fully saturated rings. The van der Waals surface area contributed by atoms with E-state index in [9.17, 15) is 24.8 Å². The molecule has 2 atom stereocenters. The van der Waals surface area contributed by atoms with Crippen molar-refractivity contribution < 1.29 is 29.5 Å². The van der Waals surface area contributed by atoms with Crippen LogP contribution in [0.25, 0.3) is 0 Å². The Hall–Kier alpha value is -3.04. The fourth-order valence-corrected chi connectivity index (χ4v) is 2.82. The zero-order valence-electron chi connectivity index (χ0n) is 13.6. The number of fused-ring (bicyclic) bond motifs is 1. The number of hydrogen-bond donors (Lipinski definition) is 5. The van der Waals surface area contributed by atoms with Crippen LogP contribution in [0.3, 0.4) is 0 Å². The number of rotatable bonds is 4. The average molecular weight is 356 g/mol. The number of phenolic OH excluding ortho intramolecular Hbond substituents is 1. The van der Waals surface area contributed by atoms with E-state index in [0.717, 1.165) is 0 Å². The predicted octanol–water partition coefficient (Wildman–Crippen LogP) is 0.230. The molecule has 6 N–H and O–H groups in total. The van der Waals surface area contributed by atoms with Crippen molar-refractivity contribution >= 4 is 19.0 Å². The summed E-state index contributed by atoms with van der Waals surface area (Å²) in [6.45, 7) is 0. The maximum Gasteiger partial charge on any atom is 0.547 e. The van der Waals surface area contributed by atoms with E-state index in [1.807, 2.05) is 0 Å². The van der Waals surface area contributed by atoms with Gasteiger partial charge in [0.2, 0.25) is 5.91 Å². The number of carbonyl (C=O) groups excluding carboxylic acids is 1. The quantitative estimate of drug-likeness (QED) is 0.494. The Morgan fingerprint density at radius 2 is 1.92 bits per heavy atom. The van der Waals surface area contributed by atoms with Gasteiger partial charge in [-0.1, -0.05) is 24.3 Å². The van der Waals surface area contributed by atoms with Gasteiger partial charge >= 0.3 is 13.1 Å². The summed E-state index contributed by atoms with van der Waals surface area (Å²) in [6, 6.07) is 9.54. The highest BCUT2D eigenvalue weighted by atomic mass is 16.5. The third-order valence-corrected chi connectivity index (χ3v) is 4.21. The summed E-state index contributed by atoms with van der Waals surface area (Å²) in [5.74, 6) is -2.31. The van der Waals surface area contributed by atoms with Crippen molar-refractivity contribution in [2.75, 3.05) is 0 Å². The number of aromatic carboxylic acids is 1. The lowest BCUT2D eigenvalue weighted by Crippen LogP contribution is -2.54. The first-order valence-electron chi connectivity index (χ1n) is 7.91. The molecular weight excluding hydrogens is 339 g/mol. The van der Waals surface area contributed by atoms with Gasteiger partial charge in [0.1, 0.15) is 17.5 Å². The van der Waals surface area contributed by atoms with E-state index >= 15 is 0 Å². The van der Waals surface area contributed by atoms with Crippen LogP contribution < -0.4 is 15.7 Å². The van der Waals surface area contributed by atoms with Crippen LogP contribution in [-0.2, 0) is 11.2 Å². The number of aromatic hydroxyl groups is 1. The SMILES string of the molecule is N[C@H](C(=O)N[C@H]1Cc2cccc(C(=O)O)c2OB1O)c1ccc(O)cc1. The summed E-state index contributed by atoms with van der Waals surface area (Å²) in [7, 11) is -1.40. The second-order valence-corrected chi connectivity index (χ2v) is 6.00. The molecule has 0 unspecified atom stereocenters. The summed E-state index contributed by atoms with van der Waals surface area (Å²) in [5, 5.41) is 31.3. The van der Waals surface area contributed by atoms with Crippen LogP contribution in [0.2, 0.25) is 0 Å². The molecule has 0 spiro atoms. The van der Waals surface area contributed by atoms with Crippen LogP contribution in [0.15, 0.2) is 42.5 Å². The molecule has 26 heavy (non-hydrogen) atoms. The van der Waals surface area contributed by atoms with E-state index in [4.69, 9.17) is 10.4 Å². The first-order valence-corrected chi connectivity index (χ1v) is 7.91. The van der Waals surface area contributed by atoms with Crippen molar-refractivity contribution in [2.45, 2.75) is 18.4 Å². The lowest BCUT2D eigenvalue weighted by atomic mass is 9.72. The molecule has 0 saturated carbocycles. The van der Waals surface area contributed by atoms with Gasteiger partial charge in [-0.15, -0.1) is 0 Å². The minimum Gasteiger partial charge on any atom is -0.534 e. The van der Waals surface area contributed by atoms with Gasteiger partial charge in [-0.25, -0.2) is 4.79 Å². The fraction of sp³-hybridized carbons (Fsp3) is 0.176. The highest BCUT2D eigenvalue weighted by Gasteiger charge is 2.38. The van der Waals surface area contributed by atoms with E-state index in [2.05, 4.69) is 5.32 Å². The average Bonchev–Trinajstić information content (AvgIpc) is 2.61. The zero-order chi connectivity index (χ0) is 18.8. The number of carboxylic acid groups (broad SMARTS) is 1. The Morgan fingerprint density at radius 3 is 2.58 bits per heavy atom. The summed E-state index contributed by atoms with van der Waals surface area (Å²) in [5.41, 5.74) is 6.94. The third kappa shape index (κ3) is 3.49. The minimum atomic E-state index is -1.40. The molecule has 0 bridgehead atoms. The molecule has 2 aromatic carbocycles. The number of nitrogens with one attached hydrogen (secondary N) is 1. The number of carbonyl (C=O) groups is 2. The number of carboxylic acids is 1. The molecule has 1 heterocycles. The van der Waals surface area contributed by atoms with E-state index in [1.54, 1.807) is 12.1 Å². The van der Waals surface area contributed by atoms with E-state index in [1.165, 1.54) is 30.3 Å². The first-order chi connectivity index (χ1) is 12.4. The molecule has 8 nitrogen and oxygen atoms in total. The Morgan fingerprint density at radius 1 is 1.23 bits per heavy atom. The monoisotopic (exact) mass is 356 g/mol. The van der Waals surface area contributed by atoms with Gasteiger partial charge in [-0.05, 0) is 35.7 Å².